The number of rotatable bonds is 14. The van der Waals surface area contributed by atoms with Gasteiger partial charge in [-0.05, 0) is 106 Å². The summed E-state index contributed by atoms with van der Waals surface area (Å²) in [4.78, 5) is 42.6. The molecule has 3 heterocycles. The lowest BCUT2D eigenvalue weighted by Gasteiger charge is -2.56. The van der Waals surface area contributed by atoms with Gasteiger partial charge in [-0.2, -0.15) is 0 Å². The Morgan fingerprint density at radius 2 is 1.77 bits per heavy atom. The molecule has 7 rings (SSSR count). The van der Waals surface area contributed by atoms with Gasteiger partial charge in [-0.25, -0.2) is 4.79 Å². The third-order valence-electron chi connectivity index (χ3n) is 11.5. The molecular formula is C43H56N2O8. The van der Waals surface area contributed by atoms with E-state index >= 15 is 0 Å². The molecule has 2 fully saturated rings. The second-order valence-electron chi connectivity index (χ2n) is 16.5. The Kier molecular flexibility index (Phi) is 10.5. The number of nitrogens with one attached hydrogen (secondary N) is 1. The van der Waals surface area contributed by atoms with E-state index in [0.717, 1.165) is 12.0 Å². The van der Waals surface area contributed by atoms with E-state index in [-0.39, 0.29) is 47.6 Å². The number of ether oxygens (including phenoxy) is 4. The summed E-state index contributed by atoms with van der Waals surface area (Å²) in [5.74, 6) is -1.52. The summed E-state index contributed by atoms with van der Waals surface area (Å²) in [7, 11) is 0. The lowest BCUT2D eigenvalue weighted by molar-refractivity contribution is -0.171. The number of esters is 1. The molecule has 3 aliphatic carbocycles. The van der Waals surface area contributed by atoms with Crippen molar-refractivity contribution in [2.45, 2.75) is 116 Å². The average molecular weight is 729 g/mol. The number of hydrogen-bond acceptors (Lipinski definition) is 10. The highest BCUT2D eigenvalue weighted by Gasteiger charge is 2.81. The Balaban J connectivity index is 1.44. The Hall–Kier alpha value is -3.99. The molecule has 1 aromatic rings. The SMILES string of the molecule is CC(C)=CCCC1(C)C=Cc2c(O)c3c(c(CC=C(C)C)c2O1)OC12C(=CC4CC1C(C)(C)OC2(C/C=C(/C)C(=O)OCCCNCCN)C4=O)C3=O. The maximum Gasteiger partial charge on any atom is 0.333 e. The van der Waals surface area contributed by atoms with Crippen LogP contribution in [0.3, 0.4) is 0 Å². The van der Waals surface area contributed by atoms with Crippen molar-refractivity contribution in [1.29, 1.82) is 0 Å². The maximum absolute atomic E-state index is 14.9. The highest BCUT2D eigenvalue weighted by Crippen LogP contribution is 2.68. The molecule has 6 aliphatic rings. The lowest BCUT2D eigenvalue weighted by atomic mass is 9.51. The summed E-state index contributed by atoms with van der Waals surface area (Å²) >= 11 is 0. The third-order valence-corrected chi connectivity index (χ3v) is 11.5. The number of benzene rings is 1. The number of allylic oxidation sites excluding steroid dienone is 5. The highest BCUT2D eigenvalue weighted by atomic mass is 16.6. The Bertz CT molecular complexity index is 1860. The molecule has 5 atom stereocenters. The number of nitrogens with two attached hydrogens (primary N) is 1. The summed E-state index contributed by atoms with van der Waals surface area (Å²) in [5.41, 5.74) is 4.97. The molecule has 0 aromatic heterocycles. The third kappa shape index (κ3) is 6.50. The number of aromatic hydroxyl groups is 1. The van der Waals surface area contributed by atoms with Crippen LogP contribution in [0.15, 0.2) is 52.7 Å². The molecule has 0 amide bonds. The van der Waals surface area contributed by atoms with Gasteiger partial charge in [0.2, 0.25) is 0 Å². The van der Waals surface area contributed by atoms with Gasteiger partial charge in [0.1, 0.15) is 28.4 Å². The van der Waals surface area contributed by atoms with Gasteiger partial charge in [0.05, 0.1) is 17.8 Å². The number of Topliss-reactive ketones (excluding diaryl/α,β-unsaturated/α-hetero) is 2. The Morgan fingerprint density at radius 3 is 2.47 bits per heavy atom. The molecule has 1 saturated carbocycles. The van der Waals surface area contributed by atoms with Crippen molar-refractivity contribution in [1.82, 2.24) is 5.32 Å². The zero-order valence-electron chi connectivity index (χ0n) is 32.6. The molecule has 4 N–H and O–H groups in total. The van der Waals surface area contributed by atoms with Crippen molar-refractivity contribution in [3.63, 3.8) is 0 Å². The standard InChI is InChI=1S/C43H56N2O8/c1-25(2)11-9-16-41(8)17-15-29-34(46)33-35(47)31-23-28-24-32-40(6,7)53-42(38(28)48,18-14-27(5)39(49)50-22-10-20-45-21-19-44)43(31,32)52-37(33)30(36(29)51-41)13-12-26(3)4/h11-12,14-15,17,23,28,32,45-46H,9-10,13,16,18-22,24,44H2,1-8H3/b27-14-. The van der Waals surface area contributed by atoms with Gasteiger partial charge in [0.25, 0.3) is 0 Å². The van der Waals surface area contributed by atoms with Gasteiger partial charge in [0, 0.05) is 48.1 Å². The van der Waals surface area contributed by atoms with Crippen molar-refractivity contribution >= 4 is 23.6 Å². The van der Waals surface area contributed by atoms with E-state index in [9.17, 15) is 19.5 Å². The van der Waals surface area contributed by atoms with E-state index in [1.54, 1.807) is 19.1 Å². The van der Waals surface area contributed by atoms with E-state index in [1.165, 1.54) is 5.57 Å². The smallest absolute Gasteiger partial charge is 0.333 e. The second-order valence-corrected chi connectivity index (χ2v) is 16.5. The summed E-state index contributed by atoms with van der Waals surface area (Å²) in [6.07, 6.45) is 14.4. The molecule has 3 aliphatic heterocycles. The number of fused-ring (bicyclic) bond motifs is 2. The van der Waals surface area contributed by atoms with Crippen molar-refractivity contribution in [3.8, 4) is 17.2 Å². The monoisotopic (exact) mass is 728 g/mol. The predicted molar refractivity (Wildman–Crippen MR) is 204 cm³/mol. The van der Waals surface area contributed by atoms with E-state index in [0.29, 0.717) is 73.3 Å². The van der Waals surface area contributed by atoms with Crippen molar-refractivity contribution in [2.24, 2.45) is 17.6 Å². The highest BCUT2D eigenvalue weighted by molar-refractivity contribution is 6.19. The number of carbonyl (C=O) groups is 3. The van der Waals surface area contributed by atoms with Crippen LogP contribution in [0.1, 0.15) is 109 Å². The molecule has 1 saturated heterocycles. The largest absolute Gasteiger partial charge is 0.506 e. The van der Waals surface area contributed by atoms with Gasteiger partial charge >= 0.3 is 5.97 Å². The summed E-state index contributed by atoms with van der Waals surface area (Å²) in [5, 5.41) is 15.1. The first-order valence-corrected chi connectivity index (χ1v) is 19.0. The Labute approximate surface area is 313 Å². The first-order chi connectivity index (χ1) is 25.0. The number of phenolic OH excluding ortho intramolecular Hbond substituents is 1. The fourth-order valence-electron chi connectivity index (χ4n) is 8.87. The number of carbonyl (C=O) groups excluding carboxylic acids is 3. The summed E-state index contributed by atoms with van der Waals surface area (Å²) in [6.45, 7) is 17.8. The molecule has 4 bridgehead atoms. The van der Waals surface area contributed by atoms with Crippen LogP contribution in [0.25, 0.3) is 6.08 Å². The zero-order chi connectivity index (χ0) is 38.5. The molecule has 0 radical (unpaired) electrons. The van der Waals surface area contributed by atoms with Crippen LogP contribution in [0, 0.1) is 11.8 Å². The molecule has 286 valence electrons. The minimum atomic E-state index is -1.60. The van der Waals surface area contributed by atoms with Crippen LogP contribution in [-0.4, -0.2) is 71.3 Å². The summed E-state index contributed by atoms with van der Waals surface area (Å²) in [6, 6.07) is 0. The molecule has 1 spiro atoms. The number of phenols is 1. The van der Waals surface area contributed by atoms with Crippen LogP contribution in [0.5, 0.6) is 17.2 Å². The fourth-order valence-corrected chi connectivity index (χ4v) is 8.87. The first-order valence-electron chi connectivity index (χ1n) is 19.0. The quantitative estimate of drug-likeness (QED) is 0.0825. The zero-order valence-corrected chi connectivity index (χ0v) is 32.6. The minimum Gasteiger partial charge on any atom is -0.506 e. The van der Waals surface area contributed by atoms with Gasteiger partial charge in [0.15, 0.2) is 22.8 Å². The molecule has 53 heavy (non-hydrogen) atoms. The topological polar surface area (TPSA) is 146 Å². The van der Waals surface area contributed by atoms with E-state index < -0.39 is 34.3 Å². The predicted octanol–water partition coefficient (Wildman–Crippen LogP) is 6.64. The van der Waals surface area contributed by atoms with E-state index in [1.807, 2.05) is 52.8 Å². The Morgan fingerprint density at radius 1 is 1.04 bits per heavy atom. The van der Waals surface area contributed by atoms with E-state index in [4.69, 9.17) is 24.7 Å². The second kappa shape index (κ2) is 14.3. The maximum atomic E-state index is 14.9. The fraction of sp³-hybridized carbons (Fsp3) is 0.558. The molecule has 1 aromatic carbocycles. The summed E-state index contributed by atoms with van der Waals surface area (Å²) < 4.78 is 26.5. The number of hydrogen-bond donors (Lipinski definition) is 3. The van der Waals surface area contributed by atoms with Crippen molar-refractivity contribution in [3.05, 3.63) is 69.4 Å². The minimum absolute atomic E-state index is 0.00308. The lowest BCUT2D eigenvalue weighted by Crippen LogP contribution is -2.72. The van der Waals surface area contributed by atoms with Gasteiger partial charge in [-0.15, -0.1) is 0 Å². The molecular weight excluding hydrogens is 672 g/mol. The van der Waals surface area contributed by atoms with Crippen LogP contribution in [0.4, 0.5) is 0 Å². The average Bonchev–Trinajstić information content (AvgIpc) is 3.24. The molecule has 5 unspecified atom stereocenters. The van der Waals surface area contributed by atoms with Crippen LogP contribution in [0.2, 0.25) is 0 Å². The van der Waals surface area contributed by atoms with Crippen LogP contribution < -0.4 is 20.5 Å². The van der Waals surface area contributed by atoms with Gasteiger partial charge < -0.3 is 35.1 Å². The first kappa shape index (κ1) is 38.7. The van der Waals surface area contributed by atoms with Crippen molar-refractivity contribution < 1.29 is 38.4 Å². The van der Waals surface area contributed by atoms with E-state index in [2.05, 4.69) is 25.2 Å². The van der Waals surface area contributed by atoms with Gasteiger partial charge in [-0.1, -0.05) is 35.5 Å². The normalized spacial score (nSPS) is 28.6. The van der Waals surface area contributed by atoms with Crippen LogP contribution >= 0.6 is 0 Å². The molecule has 10 heteroatoms. The number of ketones is 2. The van der Waals surface area contributed by atoms with Crippen molar-refractivity contribution in [2.75, 3.05) is 26.2 Å². The molecule has 10 nitrogen and oxygen atoms in total. The van der Waals surface area contributed by atoms with Crippen LogP contribution in [-0.2, 0) is 25.5 Å². The van der Waals surface area contributed by atoms with Gasteiger partial charge in [-0.3, -0.25) is 9.59 Å².